The maximum Gasteiger partial charge on any atom is 0.410 e. The van der Waals surface area contributed by atoms with Crippen molar-refractivity contribution in [3.8, 4) is 0 Å². The minimum absolute atomic E-state index is 0.0940. The van der Waals surface area contributed by atoms with Crippen LogP contribution in [0, 0.1) is 0 Å². The van der Waals surface area contributed by atoms with Crippen LogP contribution >= 0.6 is 11.3 Å². The van der Waals surface area contributed by atoms with E-state index < -0.39 is 5.60 Å². The Balaban J connectivity index is 1.49. The highest BCUT2D eigenvalue weighted by molar-refractivity contribution is 7.19. The summed E-state index contributed by atoms with van der Waals surface area (Å²) in [6.07, 6.45) is 7.99. The molecule has 2 aromatic heterocycles. The van der Waals surface area contributed by atoms with Crippen LogP contribution in [-0.4, -0.2) is 45.2 Å². The van der Waals surface area contributed by atoms with Gasteiger partial charge in [-0.05, 0) is 71.8 Å². The molecule has 1 N–H and O–H groups in total. The molecule has 28 heavy (non-hydrogen) atoms. The molecule has 2 aromatic rings. The van der Waals surface area contributed by atoms with Crippen molar-refractivity contribution >= 4 is 33.5 Å². The molecule has 1 aliphatic carbocycles. The second-order valence-corrected chi connectivity index (χ2v) is 10.3. The first-order valence-corrected chi connectivity index (χ1v) is 11.1. The number of aryl methyl sites for hydroxylation is 2. The lowest BCUT2D eigenvalue weighted by atomic mass is 9.89. The molecule has 0 bridgehead atoms. The van der Waals surface area contributed by atoms with Gasteiger partial charge in [-0.1, -0.05) is 0 Å². The number of nitrogens with zero attached hydrogens (tertiary/aromatic N) is 3. The second kappa shape index (κ2) is 7.17. The topological polar surface area (TPSA) is 67.4 Å². The predicted molar refractivity (Wildman–Crippen MR) is 113 cm³/mol. The van der Waals surface area contributed by atoms with E-state index in [4.69, 9.17) is 4.74 Å². The summed E-state index contributed by atoms with van der Waals surface area (Å²) in [7, 11) is 0. The highest BCUT2D eigenvalue weighted by Gasteiger charge is 2.34. The van der Waals surface area contributed by atoms with Gasteiger partial charge in [0.15, 0.2) is 0 Å². The summed E-state index contributed by atoms with van der Waals surface area (Å²) >= 11 is 1.82. The Morgan fingerprint density at radius 2 is 1.93 bits per heavy atom. The van der Waals surface area contributed by atoms with Crippen molar-refractivity contribution in [2.75, 3.05) is 18.4 Å². The number of hydrogen-bond acceptors (Lipinski definition) is 6. The molecule has 0 saturated carbocycles. The van der Waals surface area contributed by atoms with Crippen LogP contribution in [0.4, 0.5) is 10.6 Å². The number of nitrogens with one attached hydrogen (secondary N) is 1. The van der Waals surface area contributed by atoms with Crippen molar-refractivity contribution in [3.05, 3.63) is 16.8 Å². The number of piperidine rings is 1. The van der Waals surface area contributed by atoms with Crippen LogP contribution in [0.1, 0.15) is 63.8 Å². The highest BCUT2D eigenvalue weighted by atomic mass is 32.1. The van der Waals surface area contributed by atoms with Gasteiger partial charge in [-0.15, -0.1) is 11.3 Å². The van der Waals surface area contributed by atoms with Crippen LogP contribution in [0.25, 0.3) is 10.2 Å². The summed E-state index contributed by atoms with van der Waals surface area (Å²) in [6.45, 7) is 9.32. The number of aromatic nitrogens is 2. The van der Waals surface area contributed by atoms with E-state index in [1.807, 2.05) is 37.0 Å². The minimum atomic E-state index is -0.458. The summed E-state index contributed by atoms with van der Waals surface area (Å²) in [5.74, 6) is 0.956. The number of ether oxygens (including phenoxy) is 1. The fraction of sp³-hybridized carbons (Fsp3) is 0.667. The Morgan fingerprint density at radius 3 is 2.64 bits per heavy atom. The van der Waals surface area contributed by atoms with Gasteiger partial charge in [0.05, 0.1) is 5.39 Å². The number of thiophene rings is 1. The smallest absolute Gasteiger partial charge is 0.410 e. The molecule has 0 unspecified atom stereocenters. The normalized spacial score (nSPS) is 19.4. The molecular formula is C21H30N4O2S. The van der Waals surface area contributed by atoms with Crippen LogP contribution in [0.2, 0.25) is 0 Å². The molecule has 3 heterocycles. The van der Waals surface area contributed by atoms with Crippen molar-refractivity contribution in [2.24, 2.45) is 0 Å². The average Bonchev–Trinajstić information content (AvgIpc) is 3.00. The largest absolute Gasteiger partial charge is 0.444 e. The number of carbonyl (C=O) groups excluding carboxylic acids is 1. The zero-order valence-electron chi connectivity index (χ0n) is 17.3. The molecule has 7 heteroatoms. The van der Waals surface area contributed by atoms with Crippen molar-refractivity contribution in [1.29, 1.82) is 0 Å². The van der Waals surface area contributed by atoms with Gasteiger partial charge in [0.2, 0.25) is 0 Å². The van der Waals surface area contributed by atoms with Crippen LogP contribution in [0.5, 0.6) is 0 Å². The molecule has 1 amide bonds. The summed E-state index contributed by atoms with van der Waals surface area (Å²) in [5.41, 5.74) is 0.897. The van der Waals surface area contributed by atoms with E-state index in [9.17, 15) is 4.79 Å². The van der Waals surface area contributed by atoms with E-state index in [-0.39, 0.29) is 11.6 Å². The number of hydrogen-bond donors (Lipinski definition) is 1. The maximum absolute atomic E-state index is 12.3. The Kier molecular flexibility index (Phi) is 4.98. The van der Waals surface area contributed by atoms with E-state index in [0.29, 0.717) is 13.1 Å². The first-order valence-electron chi connectivity index (χ1n) is 10.3. The van der Waals surface area contributed by atoms with Gasteiger partial charge in [-0.25, -0.2) is 14.8 Å². The van der Waals surface area contributed by atoms with Crippen molar-refractivity contribution in [1.82, 2.24) is 14.9 Å². The van der Waals surface area contributed by atoms with Gasteiger partial charge >= 0.3 is 6.09 Å². The van der Waals surface area contributed by atoms with E-state index >= 15 is 0 Å². The standard InChI is InChI=1S/C21H30N4O2S/c1-20(2,3)27-19(26)25-11-9-21(4,10-12-25)24-17-16-14-7-5-6-8-15(14)28-18(16)23-13-22-17/h13H,5-12H2,1-4H3,(H,22,23,24). The number of carbonyl (C=O) groups is 1. The Morgan fingerprint density at radius 1 is 1.21 bits per heavy atom. The maximum atomic E-state index is 12.3. The summed E-state index contributed by atoms with van der Waals surface area (Å²) in [6, 6.07) is 0. The van der Waals surface area contributed by atoms with Gasteiger partial charge in [0, 0.05) is 23.5 Å². The van der Waals surface area contributed by atoms with Crippen LogP contribution < -0.4 is 5.32 Å². The predicted octanol–water partition coefficient (Wildman–Crippen LogP) is 4.77. The molecule has 6 nitrogen and oxygen atoms in total. The fourth-order valence-electron chi connectivity index (χ4n) is 4.11. The van der Waals surface area contributed by atoms with Crippen molar-refractivity contribution in [2.45, 2.75) is 77.4 Å². The molecule has 1 saturated heterocycles. The molecular weight excluding hydrogens is 372 g/mol. The van der Waals surface area contributed by atoms with Gasteiger partial charge in [0.25, 0.3) is 0 Å². The molecule has 152 valence electrons. The summed E-state index contributed by atoms with van der Waals surface area (Å²) < 4.78 is 5.52. The molecule has 0 radical (unpaired) electrons. The van der Waals surface area contributed by atoms with E-state index in [2.05, 4.69) is 22.2 Å². The Hall–Kier alpha value is -1.89. The SMILES string of the molecule is CC1(Nc2ncnc3sc4c(c23)CCCC4)CCN(C(=O)OC(C)(C)C)CC1. The average molecular weight is 403 g/mol. The first kappa shape index (κ1) is 19.4. The number of rotatable bonds is 2. The minimum Gasteiger partial charge on any atom is -0.444 e. The number of likely N-dealkylation sites (tertiary alicyclic amines) is 1. The lowest BCUT2D eigenvalue weighted by molar-refractivity contribution is 0.0184. The number of amides is 1. The first-order chi connectivity index (χ1) is 13.2. The zero-order valence-corrected chi connectivity index (χ0v) is 18.1. The molecule has 0 spiro atoms. The van der Waals surface area contributed by atoms with E-state index in [1.54, 1.807) is 6.33 Å². The van der Waals surface area contributed by atoms with Crippen LogP contribution in [-0.2, 0) is 17.6 Å². The third-order valence-corrected chi connectivity index (χ3v) is 6.89. The van der Waals surface area contributed by atoms with Crippen LogP contribution in [0.15, 0.2) is 6.33 Å². The molecule has 1 fully saturated rings. The van der Waals surface area contributed by atoms with Crippen molar-refractivity contribution in [3.63, 3.8) is 0 Å². The Bertz CT molecular complexity index is 878. The molecule has 0 aromatic carbocycles. The van der Waals surface area contributed by atoms with E-state index in [1.165, 1.54) is 28.7 Å². The molecule has 2 aliphatic rings. The van der Waals surface area contributed by atoms with Gasteiger partial charge in [0.1, 0.15) is 22.6 Å². The second-order valence-electron chi connectivity index (χ2n) is 9.27. The summed E-state index contributed by atoms with van der Waals surface area (Å²) in [5, 5.41) is 4.94. The summed E-state index contributed by atoms with van der Waals surface area (Å²) in [4.78, 5) is 25.9. The third-order valence-electron chi connectivity index (χ3n) is 5.69. The highest BCUT2D eigenvalue weighted by Crippen LogP contribution is 2.39. The zero-order chi connectivity index (χ0) is 19.9. The third kappa shape index (κ3) is 3.95. The van der Waals surface area contributed by atoms with Gasteiger partial charge < -0.3 is 15.0 Å². The lowest BCUT2D eigenvalue weighted by Gasteiger charge is -2.40. The van der Waals surface area contributed by atoms with Gasteiger partial charge in [-0.2, -0.15) is 0 Å². The van der Waals surface area contributed by atoms with Gasteiger partial charge in [-0.3, -0.25) is 0 Å². The number of anilines is 1. The quantitative estimate of drug-likeness (QED) is 0.783. The number of fused-ring (bicyclic) bond motifs is 3. The lowest BCUT2D eigenvalue weighted by Crippen LogP contribution is -2.50. The van der Waals surface area contributed by atoms with E-state index in [0.717, 1.165) is 36.3 Å². The monoisotopic (exact) mass is 402 g/mol. The van der Waals surface area contributed by atoms with Crippen molar-refractivity contribution < 1.29 is 9.53 Å². The fourth-order valence-corrected chi connectivity index (χ4v) is 5.33. The molecule has 1 aliphatic heterocycles. The molecule has 0 atom stereocenters. The van der Waals surface area contributed by atoms with Crippen LogP contribution in [0.3, 0.4) is 0 Å². The Labute approximate surface area is 170 Å². The molecule has 4 rings (SSSR count).